The second kappa shape index (κ2) is 6.55. The van der Waals surface area contributed by atoms with Gasteiger partial charge in [-0.3, -0.25) is 9.69 Å². The largest absolute Gasteiger partial charge is 0.340 e. The molecule has 1 aliphatic heterocycles. The van der Waals surface area contributed by atoms with E-state index in [2.05, 4.69) is 22.4 Å². The first-order valence-electron chi connectivity index (χ1n) is 6.34. The Bertz CT molecular complexity index is 380. The highest BCUT2D eigenvalue weighted by Gasteiger charge is 2.21. The van der Waals surface area contributed by atoms with Crippen LogP contribution in [0.2, 0.25) is 0 Å². The lowest BCUT2D eigenvalue weighted by Crippen LogP contribution is -2.38. The van der Waals surface area contributed by atoms with Gasteiger partial charge >= 0.3 is 0 Å². The van der Waals surface area contributed by atoms with Gasteiger partial charge < -0.3 is 4.90 Å². The summed E-state index contributed by atoms with van der Waals surface area (Å²) in [5.74, 6) is 0.0645. The van der Waals surface area contributed by atoms with Gasteiger partial charge in [0.05, 0.1) is 0 Å². The molecule has 2 heterocycles. The van der Waals surface area contributed by atoms with Crippen molar-refractivity contribution in [3.8, 4) is 0 Å². The molecule has 1 amide bonds. The number of alkyl halides is 1. The van der Waals surface area contributed by atoms with Crippen LogP contribution in [0, 0.1) is 0 Å². The number of nitrogens with zero attached hydrogens (tertiary/aromatic N) is 2. The molecule has 0 saturated carbocycles. The Morgan fingerprint density at radius 1 is 1.44 bits per heavy atom. The highest BCUT2D eigenvalue weighted by Crippen LogP contribution is 2.14. The maximum absolute atomic E-state index is 11.9. The van der Waals surface area contributed by atoms with E-state index in [1.54, 1.807) is 18.3 Å². The van der Waals surface area contributed by atoms with Gasteiger partial charge in [-0.15, -0.1) is 22.9 Å². The third-order valence-electron chi connectivity index (χ3n) is 3.20. The van der Waals surface area contributed by atoms with E-state index in [0.717, 1.165) is 39.1 Å². The summed E-state index contributed by atoms with van der Waals surface area (Å²) in [7, 11) is 0. The number of thiophene rings is 1. The molecule has 1 saturated heterocycles. The first-order chi connectivity index (χ1) is 8.66. The summed E-state index contributed by atoms with van der Waals surface area (Å²) in [6.07, 6.45) is 1.03. The van der Waals surface area contributed by atoms with Gasteiger partial charge in [0.1, 0.15) is 5.38 Å². The van der Waals surface area contributed by atoms with Crippen molar-refractivity contribution in [3.63, 3.8) is 0 Å². The van der Waals surface area contributed by atoms with Crippen LogP contribution in [0.15, 0.2) is 17.5 Å². The van der Waals surface area contributed by atoms with E-state index in [-0.39, 0.29) is 5.91 Å². The molecule has 1 aromatic rings. The van der Waals surface area contributed by atoms with E-state index in [0.29, 0.717) is 0 Å². The number of amides is 1. The van der Waals surface area contributed by atoms with Crippen molar-refractivity contribution in [1.82, 2.24) is 9.80 Å². The number of carbonyl (C=O) groups excluding carboxylic acids is 1. The Balaban J connectivity index is 1.86. The molecule has 1 aromatic heterocycles. The van der Waals surface area contributed by atoms with Gasteiger partial charge in [-0.2, -0.15) is 0 Å². The second-order valence-corrected chi connectivity index (χ2v) is 6.34. The standard InChI is InChI=1S/C13H19ClN2OS/c1-11(14)13(17)16-6-3-5-15(7-8-16)10-12-4-2-9-18-12/h2,4,9,11H,3,5-8,10H2,1H3. The van der Waals surface area contributed by atoms with E-state index in [1.165, 1.54) is 4.88 Å². The van der Waals surface area contributed by atoms with E-state index < -0.39 is 5.38 Å². The SMILES string of the molecule is CC(Cl)C(=O)N1CCCN(Cc2cccs2)CC1. The van der Waals surface area contributed by atoms with Gasteiger partial charge in [-0.1, -0.05) is 6.07 Å². The van der Waals surface area contributed by atoms with Crippen LogP contribution >= 0.6 is 22.9 Å². The molecule has 0 aliphatic carbocycles. The number of halogens is 1. The molecule has 18 heavy (non-hydrogen) atoms. The van der Waals surface area contributed by atoms with Gasteiger partial charge in [0.15, 0.2) is 0 Å². The van der Waals surface area contributed by atoms with Crippen LogP contribution in [0.25, 0.3) is 0 Å². The minimum absolute atomic E-state index is 0.0645. The molecule has 1 atom stereocenters. The second-order valence-electron chi connectivity index (χ2n) is 4.65. The van der Waals surface area contributed by atoms with Gasteiger partial charge in [-0.05, 0) is 24.8 Å². The normalized spacial score (nSPS) is 19.6. The lowest BCUT2D eigenvalue weighted by atomic mass is 10.3. The topological polar surface area (TPSA) is 23.6 Å². The van der Waals surface area contributed by atoms with E-state index >= 15 is 0 Å². The fraction of sp³-hybridized carbons (Fsp3) is 0.615. The highest BCUT2D eigenvalue weighted by atomic mass is 35.5. The van der Waals surface area contributed by atoms with Crippen molar-refractivity contribution in [2.45, 2.75) is 25.3 Å². The highest BCUT2D eigenvalue weighted by molar-refractivity contribution is 7.09. The quantitative estimate of drug-likeness (QED) is 0.797. The van der Waals surface area contributed by atoms with Crippen LogP contribution in [-0.4, -0.2) is 47.3 Å². The van der Waals surface area contributed by atoms with Crippen molar-refractivity contribution in [2.24, 2.45) is 0 Å². The number of hydrogen-bond donors (Lipinski definition) is 0. The molecule has 0 bridgehead atoms. The lowest BCUT2D eigenvalue weighted by Gasteiger charge is -2.22. The smallest absolute Gasteiger partial charge is 0.240 e. The fourth-order valence-electron chi connectivity index (χ4n) is 2.22. The first-order valence-corrected chi connectivity index (χ1v) is 7.66. The van der Waals surface area contributed by atoms with Gasteiger partial charge in [0.25, 0.3) is 0 Å². The van der Waals surface area contributed by atoms with E-state index in [9.17, 15) is 4.79 Å². The molecule has 3 nitrogen and oxygen atoms in total. The number of rotatable bonds is 3. The Hall–Kier alpha value is -0.580. The third-order valence-corrected chi connectivity index (χ3v) is 4.25. The summed E-state index contributed by atoms with van der Waals surface area (Å²) in [6, 6.07) is 4.25. The minimum Gasteiger partial charge on any atom is -0.340 e. The summed E-state index contributed by atoms with van der Waals surface area (Å²) in [5, 5.41) is 1.70. The van der Waals surface area contributed by atoms with Crippen LogP contribution in [0.5, 0.6) is 0 Å². The zero-order chi connectivity index (χ0) is 13.0. The molecule has 0 spiro atoms. The molecule has 1 fully saturated rings. The average Bonchev–Trinajstić information content (AvgIpc) is 2.73. The molecule has 0 radical (unpaired) electrons. The van der Waals surface area contributed by atoms with E-state index in [1.807, 2.05) is 4.90 Å². The maximum Gasteiger partial charge on any atom is 0.240 e. The Morgan fingerprint density at radius 3 is 2.94 bits per heavy atom. The summed E-state index contributed by atoms with van der Waals surface area (Å²) < 4.78 is 0. The van der Waals surface area contributed by atoms with Crippen molar-refractivity contribution in [3.05, 3.63) is 22.4 Å². The van der Waals surface area contributed by atoms with E-state index in [4.69, 9.17) is 11.6 Å². The van der Waals surface area contributed by atoms with Crippen molar-refractivity contribution in [1.29, 1.82) is 0 Å². The zero-order valence-electron chi connectivity index (χ0n) is 10.6. The molecule has 100 valence electrons. The molecule has 0 N–H and O–H groups in total. The fourth-order valence-corrected chi connectivity index (χ4v) is 3.11. The Kier molecular flexibility index (Phi) is 5.03. The maximum atomic E-state index is 11.9. The Labute approximate surface area is 117 Å². The van der Waals surface area contributed by atoms with Crippen LogP contribution in [0.3, 0.4) is 0 Å². The van der Waals surface area contributed by atoms with Crippen LogP contribution in [0.4, 0.5) is 0 Å². The molecule has 5 heteroatoms. The van der Waals surface area contributed by atoms with Gasteiger partial charge in [0.2, 0.25) is 5.91 Å². The van der Waals surface area contributed by atoms with Crippen molar-refractivity contribution in [2.75, 3.05) is 26.2 Å². The summed E-state index contributed by atoms with van der Waals surface area (Å²) in [6.45, 7) is 6.36. The zero-order valence-corrected chi connectivity index (χ0v) is 12.2. The molecular weight excluding hydrogens is 268 g/mol. The van der Waals surface area contributed by atoms with Crippen LogP contribution < -0.4 is 0 Å². The average molecular weight is 287 g/mol. The Morgan fingerprint density at radius 2 is 2.28 bits per heavy atom. The van der Waals surface area contributed by atoms with Gasteiger partial charge in [0, 0.05) is 37.6 Å². The minimum atomic E-state index is -0.408. The molecule has 1 unspecified atom stereocenters. The number of hydrogen-bond acceptors (Lipinski definition) is 3. The number of carbonyl (C=O) groups is 1. The lowest BCUT2D eigenvalue weighted by molar-refractivity contribution is -0.130. The van der Waals surface area contributed by atoms with Crippen molar-refractivity contribution < 1.29 is 4.79 Å². The monoisotopic (exact) mass is 286 g/mol. The summed E-state index contributed by atoms with van der Waals surface area (Å²) in [4.78, 5) is 17.6. The van der Waals surface area contributed by atoms with Gasteiger partial charge in [-0.25, -0.2) is 0 Å². The van der Waals surface area contributed by atoms with Crippen molar-refractivity contribution >= 4 is 28.8 Å². The molecule has 2 rings (SSSR count). The molecular formula is C13H19ClN2OS. The molecule has 0 aromatic carbocycles. The predicted molar refractivity (Wildman–Crippen MR) is 76.1 cm³/mol. The summed E-state index contributed by atoms with van der Waals surface area (Å²) in [5.41, 5.74) is 0. The van der Waals surface area contributed by atoms with Crippen LogP contribution in [0.1, 0.15) is 18.2 Å². The first kappa shape index (κ1) is 13.8. The molecule has 1 aliphatic rings. The predicted octanol–water partition coefficient (Wildman–Crippen LogP) is 2.41. The van der Waals surface area contributed by atoms with Crippen LogP contribution in [-0.2, 0) is 11.3 Å². The summed E-state index contributed by atoms with van der Waals surface area (Å²) >= 11 is 7.66. The third kappa shape index (κ3) is 3.70.